The summed E-state index contributed by atoms with van der Waals surface area (Å²) < 4.78 is 5.22. The molecule has 1 aromatic carbocycles. The zero-order valence-corrected chi connectivity index (χ0v) is 11.9. The Morgan fingerprint density at radius 1 is 1.33 bits per heavy atom. The van der Waals surface area contributed by atoms with Gasteiger partial charge in [0.2, 0.25) is 0 Å². The summed E-state index contributed by atoms with van der Waals surface area (Å²) in [5.41, 5.74) is 1.46. The van der Waals surface area contributed by atoms with E-state index in [0.29, 0.717) is 6.04 Å². The van der Waals surface area contributed by atoms with Crippen molar-refractivity contribution in [3.63, 3.8) is 0 Å². The Hall–Kier alpha value is -1.22. The molecule has 0 bridgehead atoms. The van der Waals surface area contributed by atoms with E-state index < -0.39 is 0 Å². The molecule has 0 amide bonds. The van der Waals surface area contributed by atoms with Crippen LogP contribution in [0, 0.1) is 0 Å². The van der Waals surface area contributed by atoms with Crippen LogP contribution in [0.5, 0.6) is 5.75 Å². The lowest BCUT2D eigenvalue weighted by Crippen LogP contribution is -2.61. The van der Waals surface area contributed by atoms with Crippen LogP contribution in [0.4, 0.5) is 5.69 Å². The van der Waals surface area contributed by atoms with Crippen LogP contribution in [0.3, 0.4) is 0 Å². The molecule has 0 aromatic heterocycles. The number of nitrogens with one attached hydrogen (secondary N) is 1. The first-order valence-corrected chi connectivity index (χ1v) is 6.71. The van der Waals surface area contributed by atoms with E-state index in [1.807, 2.05) is 12.1 Å². The number of hydrogen-bond donors (Lipinski definition) is 1. The fourth-order valence-electron chi connectivity index (χ4n) is 2.56. The van der Waals surface area contributed by atoms with Crippen LogP contribution in [0.25, 0.3) is 0 Å². The van der Waals surface area contributed by atoms with Gasteiger partial charge in [-0.1, -0.05) is 6.92 Å². The molecule has 0 saturated carbocycles. The molecule has 1 aliphatic heterocycles. The van der Waals surface area contributed by atoms with Crippen LogP contribution in [0.1, 0.15) is 27.2 Å². The standard InChI is InChI=1S/C15H24N2O/c1-5-12-10-16-15(2,3)11-17(12)13-6-8-14(18-4)9-7-13/h6-9,12,16H,5,10-11H2,1-4H3. The zero-order valence-electron chi connectivity index (χ0n) is 11.9. The second-order valence-corrected chi connectivity index (χ2v) is 5.65. The van der Waals surface area contributed by atoms with Crippen molar-refractivity contribution in [3.05, 3.63) is 24.3 Å². The van der Waals surface area contributed by atoms with Gasteiger partial charge >= 0.3 is 0 Å². The summed E-state index contributed by atoms with van der Waals surface area (Å²) in [5, 5.41) is 3.62. The highest BCUT2D eigenvalue weighted by molar-refractivity contribution is 5.51. The molecular formula is C15H24N2O. The molecule has 100 valence electrons. The number of nitrogens with zero attached hydrogens (tertiary/aromatic N) is 1. The van der Waals surface area contributed by atoms with Gasteiger partial charge < -0.3 is 15.0 Å². The van der Waals surface area contributed by atoms with E-state index in [4.69, 9.17) is 4.74 Å². The van der Waals surface area contributed by atoms with E-state index >= 15 is 0 Å². The third-order valence-electron chi connectivity index (χ3n) is 3.70. The minimum absolute atomic E-state index is 0.172. The summed E-state index contributed by atoms with van der Waals surface area (Å²) in [6.07, 6.45) is 1.16. The van der Waals surface area contributed by atoms with Gasteiger partial charge in [-0.3, -0.25) is 0 Å². The monoisotopic (exact) mass is 248 g/mol. The molecule has 0 spiro atoms. The number of benzene rings is 1. The normalized spacial score (nSPS) is 22.9. The quantitative estimate of drug-likeness (QED) is 0.890. The Morgan fingerprint density at radius 2 is 2.00 bits per heavy atom. The molecule has 1 aliphatic rings. The smallest absolute Gasteiger partial charge is 0.119 e. The first-order valence-electron chi connectivity index (χ1n) is 6.71. The van der Waals surface area contributed by atoms with E-state index in [9.17, 15) is 0 Å². The summed E-state index contributed by atoms with van der Waals surface area (Å²) in [7, 11) is 1.71. The molecule has 1 heterocycles. The van der Waals surface area contributed by atoms with Crippen LogP contribution >= 0.6 is 0 Å². The van der Waals surface area contributed by atoms with Crippen molar-refractivity contribution < 1.29 is 4.74 Å². The highest BCUT2D eigenvalue weighted by Crippen LogP contribution is 2.26. The molecule has 3 heteroatoms. The number of anilines is 1. The van der Waals surface area contributed by atoms with Crippen molar-refractivity contribution in [1.29, 1.82) is 0 Å². The summed E-state index contributed by atoms with van der Waals surface area (Å²) in [4.78, 5) is 2.51. The second-order valence-electron chi connectivity index (χ2n) is 5.65. The number of hydrogen-bond acceptors (Lipinski definition) is 3. The number of piperazine rings is 1. The maximum atomic E-state index is 5.22. The average molecular weight is 248 g/mol. The predicted molar refractivity (Wildman–Crippen MR) is 76.5 cm³/mol. The highest BCUT2D eigenvalue weighted by Gasteiger charge is 2.31. The molecule has 2 rings (SSSR count). The van der Waals surface area contributed by atoms with Crippen molar-refractivity contribution in [3.8, 4) is 5.75 Å². The molecule has 18 heavy (non-hydrogen) atoms. The van der Waals surface area contributed by atoms with Gasteiger partial charge in [0.15, 0.2) is 0 Å². The molecule has 1 aromatic rings. The van der Waals surface area contributed by atoms with Crippen LogP contribution < -0.4 is 15.0 Å². The molecule has 1 saturated heterocycles. The van der Waals surface area contributed by atoms with E-state index in [1.54, 1.807) is 7.11 Å². The van der Waals surface area contributed by atoms with E-state index in [-0.39, 0.29) is 5.54 Å². The van der Waals surface area contributed by atoms with Crippen LogP contribution in [0.2, 0.25) is 0 Å². The van der Waals surface area contributed by atoms with Crippen LogP contribution in [0.15, 0.2) is 24.3 Å². The minimum Gasteiger partial charge on any atom is -0.497 e. The topological polar surface area (TPSA) is 24.5 Å². The third-order valence-corrected chi connectivity index (χ3v) is 3.70. The Balaban J connectivity index is 2.21. The summed E-state index contributed by atoms with van der Waals surface area (Å²) in [6.45, 7) is 8.86. The fourth-order valence-corrected chi connectivity index (χ4v) is 2.56. The lowest BCUT2D eigenvalue weighted by Gasteiger charge is -2.45. The largest absolute Gasteiger partial charge is 0.497 e. The van der Waals surface area contributed by atoms with Crippen molar-refractivity contribution in [2.24, 2.45) is 0 Å². The maximum absolute atomic E-state index is 5.22. The lowest BCUT2D eigenvalue weighted by molar-refractivity contribution is 0.306. The Morgan fingerprint density at radius 3 is 2.56 bits per heavy atom. The molecule has 3 nitrogen and oxygen atoms in total. The van der Waals surface area contributed by atoms with Crippen LogP contribution in [-0.2, 0) is 0 Å². The van der Waals surface area contributed by atoms with Crippen molar-refractivity contribution in [2.75, 3.05) is 25.1 Å². The van der Waals surface area contributed by atoms with E-state index in [0.717, 1.165) is 25.3 Å². The first kappa shape index (κ1) is 13.2. The van der Waals surface area contributed by atoms with Gasteiger partial charge in [-0.15, -0.1) is 0 Å². The Bertz CT molecular complexity index is 386. The minimum atomic E-state index is 0.172. The van der Waals surface area contributed by atoms with Crippen molar-refractivity contribution in [1.82, 2.24) is 5.32 Å². The number of ether oxygens (including phenoxy) is 1. The predicted octanol–water partition coefficient (Wildman–Crippen LogP) is 2.66. The van der Waals surface area contributed by atoms with Gasteiger partial charge in [0.05, 0.1) is 7.11 Å². The summed E-state index contributed by atoms with van der Waals surface area (Å²) >= 11 is 0. The SMILES string of the molecule is CCC1CNC(C)(C)CN1c1ccc(OC)cc1. The molecule has 0 aliphatic carbocycles. The Labute approximate surface area is 110 Å². The van der Waals surface area contributed by atoms with Gasteiger partial charge in [-0.25, -0.2) is 0 Å². The molecule has 1 fully saturated rings. The van der Waals surface area contributed by atoms with Gasteiger partial charge in [-0.05, 0) is 44.5 Å². The third kappa shape index (κ3) is 2.78. The lowest BCUT2D eigenvalue weighted by atomic mass is 9.97. The Kier molecular flexibility index (Phi) is 3.81. The highest BCUT2D eigenvalue weighted by atomic mass is 16.5. The number of rotatable bonds is 3. The van der Waals surface area contributed by atoms with E-state index in [2.05, 4.69) is 43.1 Å². The number of methoxy groups -OCH3 is 1. The van der Waals surface area contributed by atoms with E-state index in [1.165, 1.54) is 5.69 Å². The molecule has 1 unspecified atom stereocenters. The molecule has 1 atom stereocenters. The molecular weight excluding hydrogens is 224 g/mol. The second kappa shape index (κ2) is 5.19. The van der Waals surface area contributed by atoms with Crippen LogP contribution in [-0.4, -0.2) is 31.8 Å². The maximum Gasteiger partial charge on any atom is 0.119 e. The van der Waals surface area contributed by atoms with Crippen molar-refractivity contribution in [2.45, 2.75) is 38.8 Å². The first-order chi connectivity index (χ1) is 8.55. The van der Waals surface area contributed by atoms with Gasteiger partial charge in [-0.2, -0.15) is 0 Å². The summed E-state index contributed by atoms with van der Waals surface area (Å²) in [6, 6.07) is 8.96. The van der Waals surface area contributed by atoms with Gasteiger partial charge in [0.1, 0.15) is 5.75 Å². The molecule has 1 N–H and O–H groups in total. The van der Waals surface area contributed by atoms with Crippen molar-refractivity contribution >= 4 is 5.69 Å². The van der Waals surface area contributed by atoms with Gasteiger partial charge in [0.25, 0.3) is 0 Å². The zero-order chi connectivity index (χ0) is 13.2. The fraction of sp³-hybridized carbons (Fsp3) is 0.600. The molecule has 0 radical (unpaired) electrons. The van der Waals surface area contributed by atoms with Gasteiger partial charge in [0, 0.05) is 30.4 Å². The summed E-state index contributed by atoms with van der Waals surface area (Å²) in [5.74, 6) is 0.918. The average Bonchev–Trinajstić information content (AvgIpc) is 2.38.